The molecule has 8 heteroatoms. The van der Waals surface area contributed by atoms with Crippen molar-refractivity contribution >= 4 is 5.97 Å². The minimum Gasteiger partial charge on any atom is -0.454 e. The van der Waals surface area contributed by atoms with Crippen LogP contribution in [0.4, 0.5) is 0 Å². The predicted octanol–water partition coefficient (Wildman–Crippen LogP) is 6.16. The molecule has 4 heterocycles. The molecule has 1 spiro atoms. The van der Waals surface area contributed by atoms with Crippen LogP contribution in [0.3, 0.4) is 0 Å². The lowest BCUT2D eigenvalue weighted by Gasteiger charge is -2.73. The van der Waals surface area contributed by atoms with E-state index in [9.17, 15) is 15.0 Å². The molecule has 48 heavy (non-hydrogen) atoms. The van der Waals surface area contributed by atoms with E-state index in [1.165, 1.54) is 16.7 Å². The van der Waals surface area contributed by atoms with Gasteiger partial charge in [0.25, 0.3) is 0 Å². The molecule has 1 aromatic carbocycles. The summed E-state index contributed by atoms with van der Waals surface area (Å²) in [7, 11) is 2.10. The molecule has 3 N–H and O–H groups in total. The Bertz CT molecular complexity index is 1650. The van der Waals surface area contributed by atoms with E-state index in [4.69, 9.17) is 14.2 Å². The summed E-state index contributed by atoms with van der Waals surface area (Å²) >= 11 is 0. The number of aromatic amines is 1. The Morgan fingerprint density at radius 3 is 2.48 bits per heavy atom. The van der Waals surface area contributed by atoms with E-state index in [1.54, 1.807) is 0 Å². The normalized spacial score (nSPS) is 38.7. The first kappa shape index (κ1) is 33.7. The zero-order valence-electron chi connectivity index (χ0n) is 30.0. The number of carbonyl (C=O) groups excluding carboxylic acids is 1. The Kier molecular flexibility index (Phi) is 8.00. The topological polar surface area (TPSA) is 104 Å². The van der Waals surface area contributed by atoms with Gasteiger partial charge in [0.2, 0.25) is 0 Å². The van der Waals surface area contributed by atoms with Crippen LogP contribution in [-0.4, -0.2) is 82.0 Å². The number of aliphatic hydroxyl groups excluding tert-OH is 1. The van der Waals surface area contributed by atoms with E-state index in [0.717, 1.165) is 41.8 Å². The molecule has 0 radical (unpaired) electrons. The van der Waals surface area contributed by atoms with E-state index in [1.807, 2.05) is 27.0 Å². The van der Waals surface area contributed by atoms with Gasteiger partial charge in [0.05, 0.1) is 18.3 Å². The first-order chi connectivity index (χ1) is 22.6. The largest absolute Gasteiger partial charge is 0.454 e. The van der Waals surface area contributed by atoms with E-state index in [2.05, 4.69) is 75.0 Å². The average molecular weight is 659 g/mol. The van der Waals surface area contributed by atoms with Gasteiger partial charge in [-0.3, -0.25) is 0 Å². The molecule has 1 aromatic heterocycles. The van der Waals surface area contributed by atoms with Gasteiger partial charge >= 0.3 is 5.97 Å². The van der Waals surface area contributed by atoms with Gasteiger partial charge in [0, 0.05) is 48.7 Å². The van der Waals surface area contributed by atoms with Crippen LogP contribution in [0.2, 0.25) is 0 Å². The molecule has 8 nitrogen and oxygen atoms in total. The van der Waals surface area contributed by atoms with Crippen molar-refractivity contribution in [1.82, 2.24) is 9.88 Å². The summed E-state index contributed by atoms with van der Waals surface area (Å²) in [4.78, 5) is 18.7. The number of H-pyrrole nitrogens is 1. The summed E-state index contributed by atoms with van der Waals surface area (Å²) in [5.74, 6) is -1.31. The van der Waals surface area contributed by atoms with Crippen molar-refractivity contribution in [3.05, 3.63) is 81.2 Å². The van der Waals surface area contributed by atoms with Crippen molar-refractivity contribution in [1.29, 1.82) is 0 Å². The predicted molar refractivity (Wildman–Crippen MR) is 185 cm³/mol. The monoisotopic (exact) mass is 658 g/mol. The molecule has 8 atom stereocenters. The van der Waals surface area contributed by atoms with Crippen molar-refractivity contribution < 1.29 is 29.2 Å². The van der Waals surface area contributed by atoms with Crippen LogP contribution >= 0.6 is 0 Å². The maximum absolute atomic E-state index is 13.3. The molecule has 4 bridgehead atoms. The van der Waals surface area contributed by atoms with Crippen LogP contribution in [0.5, 0.6) is 0 Å². The Morgan fingerprint density at radius 2 is 1.81 bits per heavy atom. The second kappa shape index (κ2) is 11.4. The Morgan fingerprint density at radius 1 is 1.08 bits per heavy atom. The number of ether oxygens (including phenoxy) is 3. The second-order valence-corrected chi connectivity index (χ2v) is 16.1. The van der Waals surface area contributed by atoms with Gasteiger partial charge in [0.15, 0.2) is 5.79 Å². The number of aliphatic hydroxyl groups is 2. The van der Waals surface area contributed by atoms with Crippen LogP contribution in [-0.2, 0) is 14.2 Å². The van der Waals surface area contributed by atoms with Gasteiger partial charge < -0.3 is 34.3 Å². The summed E-state index contributed by atoms with van der Waals surface area (Å²) < 4.78 is 19.9. The fraction of sp³-hybridized carbons (Fsp3) is 0.625. The molecule has 260 valence electrons. The highest BCUT2D eigenvalue weighted by Gasteiger charge is 2.79. The highest BCUT2D eigenvalue weighted by molar-refractivity contribution is 5.92. The number of esters is 1. The molecule has 9 rings (SSSR count). The zero-order chi connectivity index (χ0) is 34.4. The smallest absolute Gasteiger partial charge is 0.340 e. The number of hydrogen-bond acceptors (Lipinski definition) is 7. The lowest BCUT2D eigenvalue weighted by atomic mass is 9.41. The average Bonchev–Trinajstić information content (AvgIpc) is 3.47. The zero-order valence-corrected chi connectivity index (χ0v) is 30.0. The number of allylic oxidation sites excluding steroid dienone is 1. The number of carbonyl (C=O) groups is 1. The first-order valence-electron chi connectivity index (χ1n) is 17.9. The summed E-state index contributed by atoms with van der Waals surface area (Å²) in [6.45, 7) is 16.4. The molecule has 1 unspecified atom stereocenters. The number of likely N-dealkylation sites (N-methyl/N-ethyl adjacent to an activating group) is 1. The second-order valence-electron chi connectivity index (χ2n) is 16.1. The molecule has 2 aromatic rings. The molecular weight excluding hydrogens is 604 g/mol. The van der Waals surface area contributed by atoms with Gasteiger partial charge in [-0.2, -0.15) is 0 Å². The molecule has 2 saturated carbocycles. The van der Waals surface area contributed by atoms with Gasteiger partial charge in [0.1, 0.15) is 17.3 Å². The number of fused-ring (bicyclic) bond motifs is 1. The van der Waals surface area contributed by atoms with Crippen LogP contribution in [0.25, 0.3) is 0 Å². The van der Waals surface area contributed by atoms with Gasteiger partial charge in [-0.15, -0.1) is 0 Å². The summed E-state index contributed by atoms with van der Waals surface area (Å²) in [6.07, 6.45) is 8.89. The van der Waals surface area contributed by atoms with Crippen LogP contribution < -0.4 is 0 Å². The molecular formula is C40H54N2O6. The van der Waals surface area contributed by atoms with E-state index in [-0.39, 0.29) is 17.3 Å². The van der Waals surface area contributed by atoms with Crippen molar-refractivity contribution in [2.24, 2.45) is 16.7 Å². The molecule has 4 aliphatic carbocycles. The third kappa shape index (κ3) is 4.55. The van der Waals surface area contributed by atoms with Gasteiger partial charge in [-0.05, 0) is 114 Å². The van der Waals surface area contributed by atoms with Gasteiger partial charge in [-0.25, -0.2) is 4.79 Å². The molecule has 3 aliphatic heterocycles. The Balaban J connectivity index is 0.000000353. The third-order valence-electron chi connectivity index (χ3n) is 13.5. The first-order valence-corrected chi connectivity index (χ1v) is 17.9. The third-order valence-corrected chi connectivity index (χ3v) is 13.5. The lowest BCUT2D eigenvalue weighted by Crippen LogP contribution is -2.79. The minimum atomic E-state index is -1.22. The molecule has 3 saturated heterocycles. The van der Waals surface area contributed by atoms with Crippen molar-refractivity contribution in [3.8, 4) is 0 Å². The quantitative estimate of drug-likeness (QED) is 0.268. The van der Waals surface area contributed by atoms with Crippen molar-refractivity contribution in [3.63, 3.8) is 0 Å². The van der Waals surface area contributed by atoms with Crippen LogP contribution in [0, 0.1) is 51.4 Å². The molecule has 0 amide bonds. The van der Waals surface area contributed by atoms with Crippen molar-refractivity contribution in [2.75, 3.05) is 26.7 Å². The highest BCUT2D eigenvalue weighted by Crippen LogP contribution is 2.74. The number of benzene rings is 1. The highest BCUT2D eigenvalue weighted by atomic mass is 16.7. The number of rotatable bonds is 3. The SMILES string of the molecule is Cc1c[nH]c(C)c1C(=O)OC(C)C1=CC[C@@]23OCCN(C)C[C@@]12C[C@@H](O)[C@]12O[C@@]4(O)CC[C@@]1(C)[C@H](CC=C32)C4.Cc1cccc(C)c1C. The van der Waals surface area contributed by atoms with E-state index >= 15 is 0 Å². The van der Waals surface area contributed by atoms with Crippen LogP contribution in [0.15, 0.2) is 47.7 Å². The minimum absolute atomic E-state index is 0.252. The summed E-state index contributed by atoms with van der Waals surface area (Å²) in [6, 6.07) is 6.38. The fourth-order valence-corrected chi connectivity index (χ4v) is 10.8. The van der Waals surface area contributed by atoms with Crippen molar-refractivity contribution in [2.45, 2.75) is 116 Å². The number of hydrogen-bond donors (Lipinski definition) is 3. The summed E-state index contributed by atoms with van der Waals surface area (Å²) in [5, 5.41) is 23.8. The maximum Gasteiger partial charge on any atom is 0.340 e. The number of nitrogens with one attached hydrogen (secondary N) is 1. The van der Waals surface area contributed by atoms with Crippen LogP contribution in [0.1, 0.15) is 90.7 Å². The lowest BCUT2D eigenvalue weighted by molar-refractivity contribution is -0.401. The number of aromatic nitrogens is 1. The summed E-state index contributed by atoms with van der Waals surface area (Å²) in [5.41, 5.74) is 5.84. The molecule has 7 aliphatic rings. The standard InChI is InChI=1S/C31H42N2O6.C9H12/c1-18-16-32-19(2)25(18)26(35)38-20(3)22-8-9-30-23-7-6-21-14-29(36)11-10-27(21,4)31(23,39-29)24(34)15-28(22,30)17-33(5)12-13-37-30;1-7-5-4-6-8(2)9(7)3/h7-8,16,20-21,24,32,34,36H,6,9-15,17H2,1-5H3;4-6H,1-3H3/t20?,21-,24-,27+,28+,29+,30+,31+;/m1./s1. The van der Waals surface area contributed by atoms with Gasteiger partial charge in [-0.1, -0.05) is 37.3 Å². The Labute approximate surface area is 285 Å². The Hall–Kier alpha value is -2.75. The maximum atomic E-state index is 13.3. The number of aryl methyl sites for hydroxylation is 4. The van der Waals surface area contributed by atoms with E-state index in [0.29, 0.717) is 44.4 Å². The number of nitrogens with zero attached hydrogens (tertiary/aromatic N) is 1. The fourth-order valence-electron chi connectivity index (χ4n) is 10.8. The van der Waals surface area contributed by atoms with E-state index < -0.39 is 34.6 Å². The molecule has 5 fully saturated rings.